The Morgan fingerprint density at radius 3 is 2.30 bits per heavy atom. The summed E-state index contributed by atoms with van der Waals surface area (Å²) >= 11 is 0. The van der Waals surface area contributed by atoms with Crippen LogP contribution in [-0.4, -0.2) is 36.0 Å². The lowest BCUT2D eigenvalue weighted by atomic mass is 9.97. The SMILES string of the molecule is O=C(O)c1ccc(NS(=O)(=O)[C@H]2CCCC[C@@H]2O)cc1. The van der Waals surface area contributed by atoms with E-state index in [1.165, 1.54) is 24.3 Å². The Morgan fingerprint density at radius 1 is 1.15 bits per heavy atom. The molecule has 1 fully saturated rings. The first kappa shape index (κ1) is 14.8. The molecule has 1 aromatic carbocycles. The van der Waals surface area contributed by atoms with Crippen molar-refractivity contribution in [3.8, 4) is 0 Å². The molecule has 0 saturated heterocycles. The van der Waals surface area contributed by atoms with Gasteiger partial charge in [0.15, 0.2) is 0 Å². The maximum atomic E-state index is 12.2. The van der Waals surface area contributed by atoms with Crippen LogP contribution < -0.4 is 4.72 Å². The summed E-state index contributed by atoms with van der Waals surface area (Å²) in [6, 6.07) is 5.46. The van der Waals surface area contributed by atoms with Gasteiger partial charge in [-0.05, 0) is 37.1 Å². The number of carbonyl (C=O) groups is 1. The average Bonchev–Trinajstić information content (AvgIpc) is 2.39. The zero-order chi connectivity index (χ0) is 14.8. The van der Waals surface area contributed by atoms with Gasteiger partial charge in [0.05, 0.1) is 11.7 Å². The molecule has 3 N–H and O–H groups in total. The van der Waals surface area contributed by atoms with E-state index in [1.807, 2.05) is 0 Å². The Morgan fingerprint density at radius 2 is 1.75 bits per heavy atom. The Bertz CT molecular complexity index is 581. The molecule has 110 valence electrons. The summed E-state index contributed by atoms with van der Waals surface area (Å²) in [6.07, 6.45) is 1.69. The van der Waals surface area contributed by atoms with Crippen molar-refractivity contribution in [2.45, 2.75) is 37.0 Å². The van der Waals surface area contributed by atoms with E-state index < -0.39 is 27.3 Å². The van der Waals surface area contributed by atoms with Gasteiger partial charge in [-0.25, -0.2) is 13.2 Å². The number of carboxylic acids is 1. The number of carboxylic acid groups (broad SMARTS) is 1. The van der Waals surface area contributed by atoms with Crippen LogP contribution in [0.1, 0.15) is 36.0 Å². The largest absolute Gasteiger partial charge is 0.478 e. The second-order valence-electron chi connectivity index (χ2n) is 4.92. The first-order valence-corrected chi connectivity index (χ1v) is 7.98. The highest BCUT2D eigenvalue weighted by Gasteiger charge is 2.34. The third kappa shape index (κ3) is 3.29. The zero-order valence-corrected chi connectivity index (χ0v) is 11.6. The van der Waals surface area contributed by atoms with Crippen molar-refractivity contribution in [1.82, 2.24) is 0 Å². The number of nitrogens with one attached hydrogen (secondary N) is 1. The molecule has 0 aliphatic heterocycles. The predicted molar refractivity (Wildman–Crippen MR) is 74.2 cm³/mol. The van der Waals surface area contributed by atoms with E-state index in [2.05, 4.69) is 4.72 Å². The minimum Gasteiger partial charge on any atom is -0.478 e. The van der Waals surface area contributed by atoms with Crippen molar-refractivity contribution in [1.29, 1.82) is 0 Å². The summed E-state index contributed by atoms with van der Waals surface area (Å²) in [7, 11) is -3.67. The van der Waals surface area contributed by atoms with Gasteiger partial charge in [-0.2, -0.15) is 0 Å². The summed E-state index contributed by atoms with van der Waals surface area (Å²) in [6.45, 7) is 0. The van der Waals surface area contributed by atoms with Crippen molar-refractivity contribution in [2.75, 3.05) is 4.72 Å². The first-order chi connectivity index (χ1) is 9.40. The van der Waals surface area contributed by atoms with Crippen LogP contribution in [0, 0.1) is 0 Å². The highest BCUT2D eigenvalue weighted by Crippen LogP contribution is 2.25. The van der Waals surface area contributed by atoms with Crippen molar-refractivity contribution in [3.05, 3.63) is 29.8 Å². The van der Waals surface area contributed by atoms with Crippen LogP contribution in [0.25, 0.3) is 0 Å². The Balaban J connectivity index is 2.13. The fraction of sp³-hybridized carbons (Fsp3) is 0.462. The van der Waals surface area contributed by atoms with E-state index in [0.717, 1.165) is 12.8 Å². The molecule has 2 rings (SSSR count). The molecule has 0 radical (unpaired) electrons. The van der Waals surface area contributed by atoms with E-state index in [1.54, 1.807) is 0 Å². The molecule has 1 aromatic rings. The fourth-order valence-corrected chi connectivity index (χ4v) is 4.00. The molecule has 1 aliphatic carbocycles. The molecule has 0 unspecified atom stereocenters. The van der Waals surface area contributed by atoms with Gasteiger partial charge in [0.2, 0.25) is 10.0 Å². The number of rotatable bonds is 4. The quantitative estimate of drug-likeness (QED) is 0.780. The van der Waals surface area contributed by atoms with E-state index in [9.17, 15) is 18.3 Å². The van der Waals surface area contributed by atoms with Gasteiger partial charge >= 0.3 is 5.97 Å². The highest BCUT2D eigenvalue weighted by molar-refractivity contribution is 7.93. The number of aromatic carboxylic acids is 1. The van der Waals surface area contributed by atoms with Gasteiger partial charge < -0.3 is 10.2 Å². The molecule has 0 aromatic heterocycles. The maximum absolute atomic E-state index is 12.2. The molecular weight excluding hydrogens is 282 g/mol. The third-order valence-electron chi connectivity index (χ3n) is 3.46. The molecule has 0 heterocycles. The lowest BCUT2D eigenvalue weighted by Crippen LogP contribution is -2.40. The minimum atomic E-state index is -3.67. The predicted octanol–water partition coefficient (Wildman–Crippen LogP) is 1.43. The summed E-state index contributed by atoms with van der Waals surface area (Å²) in [5.74, 6) is -1.07. The number of aliphatic hydroxyl groups excluding tert-OH is 1. The van der Waals surface area contributed by atoms with Gasteiger partial charge in [0, 0.05) is 5.69 Å². The number of benzene rings is 1. The van der Waals surface area contributed by atoms with Crippen molar-refractivity contribution < 1.29 is 23.4 Å². The van der Waals surface area contributed by atoms with Gasteiger partial charge in [0.1, 0.15) is 5.25 Å². The summed E-state index contributed by atoms with van der Waals surface area (Å²) < 4.78 is 26.8. The molecular formula is C13H17NO5S. The van der Waals surface area contributed by atoms with Gasteiger partial charge in [-0.3, -0.25) is 4.72 Å². The van der Waals surface area contributed by atoms with Crippen LogP contribution in [-0.2, 0) is 10.0 Å². The normalized spacial score (nSPS) is 23.2. The number of anilines is 1. The average molecular weight is 299 g/mol. The molecule has 2 atom stereocenters. The maximum Gasteiger partial charge on any atom is 0.335 e. The number of aliphatic hydroxyl groups is 1. The molecule has 7 heteroatoms. The van der Waals surface area contributed by atoms with Crippen LogP contribution in [0.15, 0.2) is 24.3 Å². The van der Waals surface area contributed by atoms with Gasteiger partial charge in [0.25, 0.3) is 0 Å². The van der Waals surface area contributed by atoms with Gasteiger partial charge in [-0.15, -0.1) is 0 Å². The molecule has 1 saturated carbocycles. The molecule has 20 heavy (non-hydrogen) atoms. The van der Waals surface area contributed by atoms with Crippen LogP contribution in [0.2, 0.25) is 0 Å². The molecule has 0 bridgehead atoms. The summed E-state index contributed by atoms with van der Waals surface area (Å²) in [4.78, 5) is 10.7. The van der Waals surface area contributed by atoms with Crippen molar-refractivity contribution in [2.24, 2.45) is 0 Å². The molecule has 1 aliphatic rings. The monoisotopic (exact) mass is 299 g/mol. The van der Waals surface area contributed by atoms with E-state index in [0.29, 0.717) is 18.5 Å². The second-order valence-corrected chi connectivity index (χ2v) is 6.82. The van der Waals surface area contributed by atoms with Crippen LogP contribution >= 0.6 is 0 Å². The zero-order valence-electron chi connectivity index (χ0n) is 10.8. The Labute approximate surface area is 117 Å². The Kier molecular flexibility index (Phi) is 4.29. The Hall–Kier alpha value is -1.60. The number of hydrogen-bond acceptors (Lipinski definition) is 4. The van der Waals surface area contributed by atoms with Crippen molar-refractivity contribution >= 4 is 21.7 Å². The summed E-state index contributed by atoms with van der Waals surface area (Å²) in [5.41, 5.74) is 0.387. The highest BCUT2D eigenvalue weighted by atomic mass is 32.2. The standard InChI is InChI=1S/C13H17NO5S/c15-11-3-1-2-4-12(11)20(18,19)14-10-7-5-9(6-8-10)13(16)17/h5-8,11-12,14-15H,1-4H2,(H,16,17)/t11-,12-/m0/s1. The summed E-state index contributed by atoms with van der Waals surface area (Å²) in [5, 5.41) is 17.8. The van der Waals surface area contributed by atoms with E-state index in [4.69, 9.17) is 5.11 Å². The van der Waals surface area contributed by atoms with Crippen molar-refractivity contribution in [3.63, 3.8) is 0 Å². The number of sulfonamides is 1. The molecule has 0 spiro atoms. The second kappa shape index (κ2) is 5.80. The molecule has 6 nitrogen and oxygen atoms in total. The van der Waals surface area contributed by atoms with E-state index >= 15 is 0 Å². The lowest BCUT2D eigenvalue weighted by molar-refractivity contribution is 0.0697. The number of hydrogen-bond donors (Lipinski definition) is 3. The fourth-order valence-electron chi connectivity index (χ4n) is 2.36. The van der Waals surface area contributed by atoms with E-state index in [-0.39, 0.29) is 5.56 Å². The van der Waals surface area contributed by atoms with Crippen LogP contribution in [0.4, 0.5) is 5.69 Å². The first-order valence-electron chi connectivity index (χ1n) is 6.43. The lowest BCUT2D eigenvalue weighted by Gasteiger charge is -2.27. The topological polar surface area (TPSA) is 104 Å². The third-order valence-corrected chi connectivity index (χ3v) is 5.33. The minimum absolute atomic E-state index is 0.0886. The van der Waals surface area contributed by atoms with Crippen LogP contribution in [0.3, 0.4) is 0 Å². The molecule has 0 amide bonds. The smallest absolute Gasteiger partial charge is 0.335 e. The van der Waals surface area contributed by atoms with Gasteiger partial charge in [-0.1, -0.05) is 12.8 Å². The van der Waals surface area contributed by atoms with Crippen LogP contribution in [0.5, 0.6) is 0 Å².